The molecule has 2 atom stereocenters. The van der Waals surface area contributed by atoms with E-state index >= 15 is 0 Å². The molecule has 1 aliphatic rings. The summed E-state index contributed by atoms with van der Waals surface area (Å²) >= 11 is 0. The Hall–Kier alpha value is -2.69. The Morgan fingerprint density at radius 3 is 2.83 bits per heavy atom. The molecule has 4 rings (SSSR count). The summed E-state index contributed by atoms with van der Waals surface area (Å²) in [6, 6.07) is 16.1. The fourth-order valence-corrected chi connectivity index (χ4v) is 3.04. The van der Waals surface area contributed by atoms with Gasteiger partial charge in [0.1, 0.15) is 5.82 Å². The van der Waals surface area contributed by atoms with Gasteiger partial charge >= 0.3 is 0 Å². The van der Waals surface area contributed by atoms with Gasteiger partial charge in [0.2, 0.25) is 5.91 Å². The van der Waals surface area contributed by atoms with Crippen LogP contribution in [0.4, 0.5) is 0 Å². The molecule has 2 heterocycles. The Morgan fingerprint density at radius 2 is 1.96 bits per heavy atom. The number of benzene rings is 1. The zero-order chi connectivity index (χ0) is 15.6. The lowest BCUT2D eigenvalue weighted by molar-refractivity contribution is -0.122. The highest BCUT2D eigenvalue weighted by atomic mass is 16.2. The first-order valence-electron chi connectivity index (χ1n) is 7.94. The maximum Gasteiger partial charge on any atom is 0.223 e. The smallest absolute Gasteiger partial charge is 0.223 e. The lowest BCUT2D eigenvalue weighted by Gasteiger charge is -2.04. The topological polar surface area (TPSA) is 59.3 Å². The molecule has 0 saturated heterocycles. The van der Waals surface area contributed by atoms with Crippen LogP contribution in [0.25, 0.3) is 5.65 Å². The molecule has 0 radical (unpaired) electrons. The predicted octanol–water partition coefficient (Wildman–Crippen LogP) is 2.19. The van der Waals surface area contributed by atoms with Crippen LogP contribution in [0.5, 0.6) is 0 Å². The largest absolute Gasteiger partial charge is 0.355 e. The number of hydrogen-bond donors (Lipinski definition) is 1. The first-order valence-corrected chi connectivity index (χ1v) is 7.94. The summed E-state index contributed by atoms with van der Waals surface area (Å²) in [5.41, 5.74) is 2.09. The molecule has 2 aromatic heterocycles. The molecule has 0 aliphatic heterocycles. The minimum absolute atomic E-state index is 0.118. The standard InChI is InChI=1S/C18H18N4O/c23-18(15-12-14(15)13-6-2-1-3-7-13)19-10-9-17-21-20-16-8-4-5-11-22(16)17/h1-8,11,14-15H,9-10,12H2,(H,19,23)/t14-,15-/m1/s1. The van der Waals surface area contributed by atoms with E-state index in [1.807, 2.05) is 47.0 Å². The number of pyridine rings is 1. The third-order valence-corrected chi connectivity index (χ3v) is 4.39. The van der Waals surface area contributed by atoms with Crippen LogP contribution in [-0.4, -0.2) is 27.0 Å². The van der Waals surface area contributed by atoms with Crippen LogP contribution < -0.4 is 5.32 Å². The van der Waals surface area contributed by atoms with Crippen LogP contribution in [0.2, 0.25) is 0 Å². The van der Waals surface area contributed by atoms with Gasteiger partial charge in [0.25, 0.3) is 0 Å². The fraction of sp³-hybridized carbons (Fsp3) is 0.278. The molecule has 1 fully saturated rings. The summed E-state index contributed by atoms with van der Waals surface area (Å²) < 4.78 is 1.95. The highest BCUT2D eigenvalue weighted by Gasteiger charge is 2.43. The van der Waals surface area contributed by atoms with E-state index in [4.69, 9.17) is 0 Å². The zero-order valence-corrected chi connectivity index (χ0v) is 12.7. The molecular weight excluding hydrogens is 288 g/mol. The van der Waals surface area contributed by atoms with Crippen molar-refractivity contribution in [2.24, 2.45) is 5.92 Å². The SMILES string of the molecule is O=C(NCCc1nnc2ccccn12)[C@@H]1C[C@@H]1c1ccccc1. The van der Waals surface area contributed by atoms with E-state index in [1.165, 1.54) is 5.56 Å². The number of rotatable bonds is 5. The van der Waals surface area contributed by atoms with Gasteiger partial charge in [0.15, 0.2) is 5.65 Å². The Balaban J connectivity index is 1.31. The number of aromatic nitrogens is 3. The minimum atomic E-state index is 0.118. The van der Waals surface area contributed by atoms with E-state index in [2.05, 4.69) is 27.6 Å². The average molecular weight is 306 g/mol. The number of carbonyl (C=O) groups is 1. The lowest BCUT2D eigenvalue weighted by Crippen LogP contribution is -2.28. The van der Waals surface area contributed by atoms with E-state index in [0.717, 1.165) is 17.9 Å². The average Bonchev–Trinajstić information content (AvgIpc) is 3.31. The maximum absolute atomic E-state index is 12.2. The first-order chi connectivity index (χ1) is 11.3. The maximum atomic E-state index is 12.2. The van der Waals surface area contributed by atoms with Crippen LogP contribution in [0, 0.1) is 5.92 Å². The minimum Gasteiger partial charge on any atom is -0.355 e. The fourth-order valence-electron chi connectivity index (χ4n) is 3.04. The highest BCUT2D eigenvalue weighted by Crippen LogP contribution is 2.47. The van der Waals surface area contributed by atoms with Gasteiger partial charge in [-0.25, -0.2) is 0 Å². The van der Waals surface area contributed by atoms with Gasteiger partial charge < -0.3 is 5.32 Å². The Labute approximate surface area is 134 Å². The number of hydrogen-bond acceptors (Lipinski definition) is 3. The summed E-state index contributed by atoms with van der Waals surface area (Å²) in [6.45, 7) is 0.590. The number of nitrogens with zero attached hydrogens (tertiary/aromatic N) is 3. The Bertz CT molecular complexity index is 827. The van der Waals surface area contributed by atoms with Gasteiger partial charge in [-0.3, -0.25) is 9.20 Å². The summed E-state index contributed by atoms with van der Waals surface area (Å²) in [4.78, 5) is 12.2. The third-order valence-electron chi connectivity index (χ3n) is 4.39. The molecule has 0 bridgehead atoms. The molecule has 3 aromatic rings. The van der Waals surface area contributed by atoms with Crippen LogP contribution >= 0.6 is 0 Å². The van der Waals surface area contributed by atoms with Gasteiger partial charge in [-0.05, 0) is 30.0 Å². The van der Waals surface area contributed by atoms with Crippen molar-refractivity contribution in [3.8, 4) is 0 Å². The van der Waals surface area contributed by atoms with Gasteiger partial charge in [-0.1, -0.05) is 36.4 Å². The van der Waals surface area contributed by atoms with Gasteiger partial charge in [-0.2, -0.15) is 0 Å². The van der Waals surface area contributed by atoms with Gasteiger partial charge in [0.05, 0.1) is 0 Å². The normalized spacial score (nSPS) is 19.7. The van der Waals surface area contributed by atoms with Crippen molar-refractivity contribution in [1.29, 1.82) is 0 Å². The molecule has 5 heteroatoms. The third kappa shape index (κ3) is 2.82. The van der Waals surface area contributed by atoms with Crippen molar-refractivity contribution < 1.29 is 4.79 Å². The van der Waals surface area contributed by atoms with Crippen LogP contribution in [-0.2, 0) is 11.2 Å². The Kier molecular flexibility index (Phi) is 3.54. The van der Waals surface area contributed by atoms with Crippen molar-refractivity contribution in [3.05, 3.63) is 66.1 Å². The summed E-state index contributed by atoms with van der Waals surface area (Å²) in [5, 5.41) is 11.3. The molecule has 5 nitrogen and oxygen atoms in total. The van der Waals surface area contributed by atoms with Gasteiger partial charge in [0, 0.05) is 25.1 Å². The van der Waals surface area contributed by atoms with E-state index in [-0.39, 0.29) is 11.8 Å². The molecule has 0 spiro atoms. The second-order valence-electron chi connectivity index (χ2n) is 5.95. The summed E-state index contributed by atoms with van der Waals surface area (Å²) in [6.07, 6.45) is 3.57. The lowest BCUT2D eigenvalue weighted by atomic mass is 10.1. The van der Waals surface area contributed by atoms with E-state index < -0.39 is 0 Å². The van der Waals surface area contributed by atoms with E-state index in [0.29, 0.717) is 18.9 Å². The molecule has 116 valence electrons. The zero-order valence-electron chi connectivity index (χ0n) is 12.7. The molecular formula is C18H18N4O. The van der Waals surface area contributed by atoms with Crippen LogP contribution in [0.15, 0.2) is 54.7 Å². The number of carbonyl (C=O) groups excluding carboxylic acids is 1. The Morgan fingerprint density at radius 1 is 1.13 bits per heavy atom. The van der Waals surface area contributed by atoms with Crippen molar-refractivity contribution in [2.75, 3.05) is 6.54 Å². The van der Waals surface area contributed by atoms with E-state index in [1.54, 1.807) is 0 Å². The first kappa shape index (κ1) is 13.9. The molecule has 1 aliphatic carbocycles. The second kappa shape index (κ2) is 5.83. The predicted molar refractivity (Wildman–Crippen MR) is 87.0 cm³/mol. The molecule has 1 saturated carbocycles. The highest BCUT2D eigenvalue weighted by molar-refractivity contribution is 5.82. The van der Waals surface area contributed by atoms with Crippen molar-refractivity contribution >= 4 is 11.6 Å². The van der Waals surface area contributed by atoms with E-state index in [9.17, 15) is 4.79 Å². The number of nitrogens with one attached hydrogen (secondary N) is 1. The second-order valence-corrected chi connectivity index (χ2v) is 5.95. The summed E-state index contributed by atoms with van der Waals surface area (Å²) in [5.74, 6) is 1.52. The molecule has 0 unspecified atom stereocenters. The van der Waals surface area contributed by atoms with Crippen LogP contribution in [0.3, 0.4) is 0 Å². The molecule has 1 aromatic carbocycles. The molecule has 23 heavy (non-hydrogen) atoms. The van der Waals surface area contributed by atoms with Crippen molar-refractivity contribution in [3.63, 3.8) is 0 Å². The summed E-state index contributed by atoms with van der Waals surface area (Å²) in [7, 11) is 0. The molecule has 1 amide bonds. The van der Waals surface area contributed by atoms with Crippen molar-refractivity contribution in [2.45, 2.75) is 18.8 Å². The number of amides is 1. The number of fused-ring (bicyclic) bond motifs is 1. The van der Waals surface area contributed by atoms with Crippen LogP contribution in [0.1, 0.15) is 23.7 Å². The van der Waals surface area contributed by atoms with Gasteiger partial charge in [-0.15, -0.1) is 10.2 Å². The van der Waals surface area contributed by atoms with Crippen molar-refractivity contribution in [1.82, 2.24) is 19.9 Å². The molecule has 1 N–H and O–H groups in total. The quantitative estimate of drug-likeness (QED) is 0.786. The monoisotopic (exact) mass is 306 g/mol.